The molecular formula is C34H34FN5O4. The molecule has 226 valence electrons. The van der Waals surface area contributed by atoms with Gasteiger partial charge in [-0.05, 0) is 51.7 Å². The minimum atomic E-state index is -0.745. The number of fused-ring (bicyclic) bond motifs is 2. The molecule has 2 saturated heterocycles. The molecule has 6 rings (SSSR count). The van der Waals surface area contributed by atoms with E-state index in [1.54, 1.807) is 41.1 Å². The van der Waals surface area contributed by atoms with Gasteiger partial charge in [0.2, 0.25) is 11.8 Å². The third-order valence-corrected chi connectivity index (χ3v) is 8.43. The molecule has 0 spiro atoms. The molecular weight excluding hydrogens is 561 g/mol. The SMILES string of the molecule is COc1ccc(C[C@H]2C(=O)N(Cc3cccc4ccccc34)C[C@H]3N2C(=O)CN3N(C)C(=O)NCc2ccc(F)cc2)cc1. The molecule has 4 amide bonds. The van der Waals surface area contributed by atoms with Crippen molar-refractivity contribution in [2.75, 3.05) is 27.2 Å². The fourth-order valence-corrected chi connectivity index (χ4v) is 6.08. The Morgan fingerprint density at radius 2 is 1.66 bits per heavy atom. The first kappa shape index (κ1) is 29.1. The normalized spacial score (nSPS) is 18.4. The summed E-state index contributed by atoms with van der Waals surface area (Å²) in [5.41, 5.74) is 2.65. The Bertz CT molecular complexity index is 1670. The molecule has 2 aliphatic rings. The highest BCUT2D eigenvalue weighted by Crippen LogP contribution is 2.31. The van der Waals surface area contributed by atoms with Crippen LogP contribution in [0.5, 0.6) is 5.75 Å². The number of benzene rings is 4. The number of hydrogen-bond donors (Lipinski definition) is 1. The van der Waals surface area contributed by atoms with Gasteiger partial charge in [-0.2, -0.15) is 5.01 Å². The Morgan fingerprint density at radius 1 is 0.955 bits per heavy atom. The van der Waals surface area contributed by atoms with E-state index in [1.165, 1.54) is 17.1 Å². The van der Waals surface area contributed by atoms with Gasteiger partial charge in [0.15, 0.2) is 0 Å². The molecule has 2 fully saturated rings. The van der Waals surface area contributed by atoms with Crippen LogP contribution in [0.4, 0.5) is 9.18 Å². The van der Waals surface area contributed by atoms with E-state index < -0.39 is 18.2 Å². The van der Waals surface area contributed by atoms with Gasteiger partial charge in [0, 0.05) is 26.6 Å². The lowest BCUT2D eigenvalue weighted by molar-refractivity contribution is -0.157. The quantitative estimate of drug-likeness (QED) is 0.331. The smallest absolute Gasteiger partial charge is 0.332 e. The first-order valence-corrected chi connectivity index (χ1v) is 14.5. The largest absolute Gasteiger partial charge is 0.497 e. The van der Waals surface area contributed by atoms with E-state index in [0.717, 1.165) is 27.5 Å². The minimum absolute atomic E-state index is 0.0420. The van der Waals surface area contributed by atoms with Crippen molar-refractivity contribution in [2.24, 2.45) is 0 Å². The van der Waals surface area contributed by atoms with Gasteiger partial charge in [-0.15, -0.1) is 0 Å². The summed E-state index contributed by atoms with van der Waals surface area (Å²) < 4.78 is 18.6. The van der Waals surface area contributed by atoms with Crippen molar-refractivity contribution in [3.05, 3.63) is 114 Å². The predicted molar refractivity (Wildman–Crippen MR) is 164 cm³/mol. The lowest BCUT2D eigenvalue weighted by Gasteiger charge is -2.46. The van der Waals surface area contributed by atoms with Crippen LogP contribution in [0.1, 0.15) is 16.7 Å². The zero-order valence-corrected chi connectivity index (χ0v) is 24.7. The maximum absolute atomic E-state index is 14.1. The summed E-state index contributed by atoms with van der Waals surface area (Å²) in [5.74, 6) is 0.00121. The molecule has 2 heterocycles. The van der Waals surface area contributed by atoms with E-state index in [2.05, 4.69) is 5.32 Å². The van der Waals surface area contributed by atoms with Crippen molar-refractivity contribution in [3.63, 3.8) is 0 Å². The third-order valence-electron chi connectivity index (χ3n) is 8.43. The molecule has 0 bridgehead atoms. The maximum atomic E-state index is 14.1. The zero-order chi connectivity index (χ0) is 30.8. The number of hydrogen-bond acceptors (Lipinski definition) is 5. The molecule has 10 heteroatoms. The Kier molecular flexibility index (Phi) is 8.17. The number of piperazine rings is 1. The van der Waals surface area contributed by atoms with Gasteiger partial charge in [-0.25, -0.2) is 9.18 Å². The Hall–Kier alpha value is -4.96. The van der Waals surface area contributed by atoms with Gasteiger partial charge in [0.25, 0.3) is 0 Å². The zero-order valence-electron chi connectivity index (χ0n) is 24.7. The van der Waals surface area contributed by atoms with Gasteiger partial charge >= 0.3 is 6.03 Å². The van der Waals surface area contributed by atoms with Crippen LogP contribution in [-0.2, 0) is 29.1 Å². The average molecular weight is 596 g/mol. The number of rotatable bonds is 8. The van der Waals surface area contributed by atoms with Crippen molar-refractivity contribution in [1.82, 2.24) is 25.1 Å². The van der Waals surface area contributed by atoms with Crippen LogP contribution in [-0.4, -0.2) is 77.1 Å². The maximum Gasteiger partial charge on any atom is 0.332 e. The van der Waals surface area contributed by atoms with Crippen LogP contribution >= 0.6 is 0 Å². The number of hydrazine groups is 1. The number of carbonyl (C=O) groups is 3. The van der Waals surface area contributed by atoms with Crippen molar-refractivity contribution in [2.45, 2.75) is 31.7 Å². The van der Waals surface area contributed by atoms with E-state index in [9.17, 15) is 18.8 Å². The van der Waals surface area contributed by atoms with Crippen molar-refractivity contribution in [1.29, 1.82) is 0 Å². The second kappa shape index (κ2) is 12.3. The lowest BCUT2D eigenvalue weighted by atomic mass is 9.99. The number of nitrogens with zero attached hydrogens (tertiary/aromatic N) is 4. The molecule has 44 heavy (non-hydrogen) atoms. The van der Waals surface area contributed by atoms with Gasteiger partial charge in [0.1, 0.15) is 23.8 Å². The van der Waals surface area contributed by atoms with Crippen molar-refractivity contribution < 1.29 is 23.5 Å². The Morgan fingerprint density at radius 3 is 2.41 bits per heavy atom. The molecule has 0 unspecified atom stereocenters. The highest BCUT2D eigenvalue weighted by molar-refractivity contribution is 5.92. The highest BCUT2D eigenvalue weighted by atomic mass is 19.1. The van der Waals surface area contributed by atoms with Crippen LogP contribution in [0.15, 0.2) is 91.0 Å². The molecule has 4 aromatic carbocycles. The molecule has 9 nitrogen and oxygen atoms in total. The summed E-state index contributed by atoms with van der Waals surface area (Å²) in [6.45, 7) is 0.764. The van der Waals surface area contributed by atoms with Crippen molar-refractivity contribution in [3.8, 4) is 5.75 Å². The number of ether oxygens (including phenoxy) is 1. The topological polar surface area (TPSA) is 85.4 Å². The second-order valence-electron chi connectivity index (χ2n) is 11.1. The van der Waals surface area contributed by atoms with E-state index in [4.69, 9.17) is 4.74 Å². The number of carbonyl (C=O) groups excluding carboxylic acids is 3. The Labute approximate surface area is 255 Å². The number of methoxy groups -OCH3 is 1. The lowest BCUT2D eigenvalue weighted by Crippen LogP contribution is -2.65. The molecule has 0 radical (unpaired) electrons. The molecule has 2 atom stereocenters. The molecule has 0 aromatic heterocycles. The summed E-state index contributed by atoms with van der Waals surface area (Å²) in [4.78, 5) is 44.4. The Balaban J connectivity index is 1.27. The summed E-state index contributed by atoms with van der Waals surface area (Å²) in [6, 6.07) is 26.3. The predicted octanol–water partition coefficient (Wildman–Crippen LogP) is 4.17. The molecule has 2 aliphatic heterocycles. The van der Waals surface area contributed by atoms with E-state index >= 15 is 0 Å². The molecule has 0 aliphatic carbocycles. The average Bonchev–Trinajstić information content (AvgIpc) is 3.38. The first-order chi connectivity index (χ1) is 21.3. The fraction of sp³-hybridized carbons (Fsp3) is 0.265. The monoisotopic (exact) mass is 595 g/mol. The number of amides is 4. The van der Waals surface area contributed by atoms with Crippen LogP contribution < -0.4 is 10.1 Å². The van der Waals surface area contributed by atoms with Gasteiger partial charge in [-0.3, -0.25) is 14.6 Å². The van der Waals surface area contributed by atoms with Crippen LogP contribution in [0.3, 0.4) is 0 Å². The van der Waals surface area contributed by atoms with E-state index in [0.29, 0.717) is 18.7 Å². The molecule has 0 saturated carbocycles. The fourth-order valence-electron chi connectivity index (χ4n) is 6.08. The van der Waals surface area contributed by atoms with Gasteiger partial charge in [0.05, 0.1) is 20.2 Å². The van der Waals surface area contributed by atoms with Gasteiger partial charge < -0.3 is 19.9 Å². The number of halogens is 1. The van der Waals surface area contributed by atoms with Gasteiger partial charge in [-0.1, -0.05) is 66.7 Å². The summed E-state index contributed by atoms with van der Waals surface area (Å²) in [7, 11) is 3.21. The van der Waals surface area contributed by atoms with Crippen LogP contribution in [0.2, 0.25) is 0 Å². The standard InChI is InChI=1S/C34H34FN5O4/c1-37(34(43)36-19-24-10-14-27(35)15-11-24)39-22-32(41)40-30(18-23-12-16-28(44-2)17-13-23)33(42)38(21-31(39)40)20-26-8-5-7-25-6-3-4-9-29(25)26/h3-17,30-31H,18-22H2,1-2H3,(H,36,43)/t30-,31+/m0/s1. The summed E-state index contributed by atoms with van der Waals surface area (Å²) >= 11 is 0. The molecule has 1 N–H and O–H groups in total. The minimum Gasteiger partial charge on any atom is -0.497 e. The summed E-state index contributed by atoms with van der Waals surface area (Å²) in [5, 5.41) is 8.12. The number of nitrogens with one attached hydrogen (secondary N) is 1. The third kappa shape index (κ3) is 5.80. The number of urea groups is 1. The van der Waals surface area contributed by atoms with Crippen LogP contribution in [0.25, 0.3) is 10.8 Å². The summed E-state index contributed by atoms with van der Waals surface area (Å²) in [6.07, 6.45) is -0.217. The highest BCUT2D eigenvalue weighted by Gasteiger charge is 2.51. The van der Waals surface area contributed by atoms with Crippen LogP contribution in [0, 0.1) is 5.82 Å². The first-order valence-electron chi connectivity index (χ1n) is 14.5. The van der Waals surface area contributed by atoms with E-state index in [1.807, 2.05) is 66.7 Å². The second-order valence-corrected chi connectivity index (χ2v) is 11.1. The van der Waals surface area contributed by atoms with Crippen molar-refractivity contribution >= 4 is 28.6 Å². The molecule has 4 aromatic rings. The van der Waals surface area contributed by atoms with E-state index in [-0.39, 0.29) is 37.3 Å².